The first-order valence-electron chi connectivity index (χ1n) is 16.2. The van der Waals surface area contributed by atoms with Crippen molar-refractivity contribution in [3.63, 3.8) is 0 Å². The third-order valence-electron chi connectivity index (χ3n) is 7.64. The monoisotopic (exact) mass is 739 g/mol. The van der Waals surface area contributed by atoms with Crippen LogP contribution in [0.4, 0.5) is 14.7 Å². The summed E-state index contributed by atoms with van der Waals surface area (Å²) in [5, 5.41) is 29.1. The molecule has 4 N–H and O–H groups in total. The lowest BCUT2D eigenvalue weighted by Gasteiger charge is -2.04. The van der Waals surface area contributed by atoms with E-state index in [2.05, 4.69) is 57.8 Å². The first kappa shape index (κ1) is 36.1. The van der Waals surface area contributed by atoms with Crippen molar-refractivity contribution in [2.24, 2.45) is 15.9 Å². The predicted molar refractivity (Wildman–Crippen MR) is 205 cm³/mol. The Bertz CT molecular complexity index is 2340. The Morgan fingerprint density at radius 3 is 2.02 bits per heavy atom. The minimum absolute atomic E-state index is 0.191. The number of hydrogen-bond acceptors (Lipinski definition) is 11. The van der Waals surface area contributed by atoms with Gasteiger partial charge >= 0.3 is 0 Å². The summed E-state index contributed by atoms with van der Waals surface area (Å²) in [4.78, 5) is 13.2. The van der Waals surface area contributed by atoms with Crippen molar-refractivity contribution in [2.75, 3.05) is 24.4 Å². The number of amidine groups is 1. The van der Waals surface area contributed by atoms with Crippen molar-refractivity contribution in [2.45, 2.75) is 26.4 Å². The van der Waals surface area contributed by atoms with Crippen LogP contribution in [0, 0.1) is 11.6 Å². The Hall–Kier alpha value is -5.68. The molecule has 0 aliphatic rings. The average Bonchev–Trinajstić information content (AvgIpc) is 3.89. The first-order chi connectivity index (χ1) is 25.4. The van der Waals surface area contributed by atoms with Gasteiger partial charge in [-0.05, 0) is 55.3 Å². The number of aromatic amines is 1. The van der Waals surface area contributed by atoms with Crippen molar-refractivity contribution in [3.05, 3.63) is 114 Å². The molecule has 13 nitrogen and oxygen atoms in total. The lowest BCUT2D eigenvalue weighted by Crippen LogP contribution is -2.15. The molecule has 0 aliphatic heterocycles. The number of anilines is 1. The van der Waals surface area contributed by atoms with Gasteiger partial charge in [0, 0.05) is 30.1 Å². The maximum Gasteiger partial charge on any atom is 0.242 e. The molecule has 266 valence electrons. The summed E-state index contributed by atoms with van der Waals surface area (Å²) in [7, 11) is 0. The zero-order valence-electron chi connectivity index (χ0n) is 28.5. The number of fused-ring (bicyclic) bond motifs is 2. The van der Waals surface area contributed by atoms with Crippen LogP contribution in [0.2, 0.25) is 0 Å². The maximum absolute atomic E-state index is 14.0. The number of H-pyrrole nitrogens is 1. The molecule has 7 rings (SSSR count). The minimum Gasteiger partial charge on any atom is -0.380 e. The number of aromatic nitrogens is 9. The number of nitrogens with one attached hydrogen (secondary N) is 2. The van der Waals surface area contributed by atoms with Crippen LogP contribution in [0.1, 0.15) is 30.2 Å². The fourth-order valence-electron chi connectivity index (χ4n) is 5.17. The first-order valence-corrected chi connectivity index (χ1v) is 18.6. The molecule has 0 atom stereocenters. The van der Waals surface area contributed by atoms with E-state index in [0.717, 1.165) is 28.1 Å². The van der Waals surface area contributed by atoms with E-state index in [-0.39, 0.29) is 30.6 Å². The number of nitrogens with zero attached hydrogens (tertiary/aromatic N) is 10. The van der Waals surface area contributed by atoms with Crippen molar-refractivity contribution >= 4 is 61.8 Å². The Morgan fingerprint density at radius 1 is 0.808 bits per heavy atom. The highest BCUT2D eigenvalue weighted by atomic mass is 32.2. The summed E-state index contributed by atoms with van der Waals surface area (Å²) in [5.74, 6) is 0.719. The number of pyridine rings is 2. The highest BCUT2D eigenvalue weighted by molar-refractivity contribution is 8.38. The zero-order chi connectivity index (χ0) is 36.5. The molecule has 5 aromatic heterocycles. The van der Waals surface area contributed by atoms with Crippen LogP contribution >= 0.6 is 23.5 Å². The van der Waals surface area contributed by atoms with Crippen LogP contribution in [0.5, 0.6) is 0 Å². The smallest absolute Gasteiger partial charge is 0.242 e. The van der Waals surface area contributed by atoms with Crippen LogP contribution < -0.4 is 11.1 Å². The van der Waals surface area contributed by atoms with E-state index in [1.807, 2.05) is 30.7 Å². The topological polar surface area (TPSA) is 166 Å². The molecule has 0 aliphatic carbocycles. The largest absolute Gasteiger partial charge is 0.380 e. The summed E-state index contributed by atoms with van der Waals surface area (Å²) in [6.07, 6.45) is 8.18. The molecule has 0 radical (unpaired) electrons. The van der Waals surface area contributed by atoms with E-state index in [9.17, 15) is 8.78 Å². The van der Waals surface area contributed by atoms with Crippen molar-refractivity contribution < 1.29 is 8.78 Å². The van der Waals surface area contributed by atoms with Gasteiger partial charge in [0.2, 0.25) is 5.95 Å². The normalized spacial score (nSPS) is 11.4. The molecule has 0 unspecified atom stereocenters. The standard InChI is InChI=1S/C18H18FN7.C17H17FN6S2/c1-2-9-21-18-22-16(23-24-18)15-13-7-5-10-20-17(13)26(25-15)11-12-6-3-4-8-14(12)19;1-25-17(26-2)22-21-15(19)14-12-7-5-9-20-16(12)24(23-14)10-11-6-3-4-8-13(11)18/h3-8,10H,2,9,11H2,1H3,(H2,21,22,23,24);3-9H,10H2,1-2H3,(H2,19,21). The van der Waals surface area contributed by atoms with Gasteiger partial charge in [0.1, 0.15) is 23.0 Å². The van der Waals surface area contributed by atoms with Gasteiger partial charge in [-0.1, -0.05) is 43.3 Å². The van der Waals surface area contributed by atoms with Crippen LogP contribution in [-0.2, 0) is 13.1 Å². The lowest BCUT2D eigenvalue weighted by molar-refractivity contribution is 0.589. The number of nitrogens with two attached hydrogens (primary N) is 1. The SMILES string of the molecule is CCCNc1n[nH]c(-c2nn(Cc3ccccc3F)c3ncccc23)n1.CSC(=N/N=C(\N)c1nn(Cc2ccccc2F)c2ncccc12)SC. The number of hydrogen-bond donors (Lipinski definition) is 3. The molecular formula is C35H35F2N13S2. The predicted octanol–water partition coefficient (Wildman–Crippen LogP) is 6.55. The van der Waals surface area contributed by atoms with Crippen LogP contribution in [-0.4, -0.2) is 74.0 Å². The van der Waals surface area contributed by atoms with Gasteiger partial charge in [-0.2, -0.15) is 15.2 Å². The molecule has 0 fully saturated rings. The van der Waals surface area contributed by atoms with E-state index >= 15 is 0 Å². The second kappa shape index (κ2) is 17.0. The summed E-state index contributed by atoms with van der Waals surface area (Å²) in [6.45, 7) is 3.40. The molecule has 0 saturated carbocycles. The van der Waals surface area contributed by atoms with Gasteiger partial charge in [-0.3, -0.25) is 5.10 Å². The Kier molecular flexibility index (Phi) is 11.8. The molecule has 17 heteroatoms. The molecule has 0 spiro atoms. The second-order valence-corrected chi connectivity index (χ2v) is 13.0. The van der Waals surface area contributed by atoms with Gasteiger partial charge in [-0.15, -0.1) is 38.8 Å². The van der Waals surface area contributed by atoms with Crippen molar-refractivity contribution in [1.29, 1.82) is 0 Å². The van der Waals surface area contributed by atoms with Crippen LogP contribution in [0.3, 0.4) is 0 Å². The Morgan fingerprint density at radius 2 is 1.40 bits per heavy atom. The van der Waals surface area contributed by atoms with Crippen LogP contribution in [0.25, 0.3) is 33.6 Å². The fraction of sp³-hybridized carbons (Fsp3) is 0.200. The molecular weight excluding hydrogens is 705 g/mol. The quantitative estimate of drug-likeness (QED) is 0.0796. The molecule has 5 heterocycles. The maximum atomic E-state index is 14.0. The summed E-state index contributed by atoms with van der Waals surface area (Å²) < 4.78 is 32.1. The number of rotatable bonds is 10. The van der Waals surface area contributed by atoms with E-state index in [4.69, 9.17) is 5.73 Å². The lowest BCUT2D eigenvalue weighted by atomic mass is 10.2. The Labute approximate surface area is 306 Å². The zero-order valence-corrected chi connectivity index (χ0v) is 30.2. The van der Waals surface area contributed by atoms with Gasteiger partial charge in [0.25, 0.3) is 0 Å². The van der Waals surface area contributed by atoms with Gasteiger partial charge in [0.05, 0.1) is 23.9 Å². The van der Waals surface area contributed by atoms with Crippen molar-refractivity contribution in [1.82, 2.24) is 44.7 Å². The Balaban J connectivity index is 0.000000179. The minimum atomic E-state index is -0.288. The van der Waals surface area contributed by atoms with E-state index in [1.54, 1.807) is 64.2 Å². The van der Waals surface area contributed by atoms with Crippen LogP contribution in [0.15, 0.2) is 95.4 Å². The molecule has 2 aromatic carbocycles. The van der Waals surface area contributed by atoms with Gasteiger partial charge in [0.15, 0.2) is 27.3 Å². The summed E-state index contributed by atoms with van der Waals surface area (Å²) >= 11 is 2.98. The molecule has 0 saturated heterocycles. The molecule has 7 aromatic rings. The summed E-state index contributed by atoms with van der Waals surface area (Å²) in [5.41, 5.74) is 9.58. The fourth-order valence-corrected chi connectivity index (χ4v) is 6.08. The summed E-state index contributed by atoms with van der Waals surface area (Å²) in [6, 6.07) is 20.7. The van der Waals surface area contributed by atoms with E-state index < -0.39 is 0 Å². The number of halogens is 2. The second-order valence-electron chi connectivity index (χ2n) is 11.1. The number of benzene rings is 2. The third kappa shape index (κ3) is 8.26. The van der Waals surface area contributed by atoms with Gasteiger partial charge < -0.3 is 11.1 Å². The number of thioether (sulfide) groups is 2. The van der Waals surface area contributed by atoms with Crippen molar-refractivity contribution in [3.8, 4) is 11.5 Å². The third-order valence-corrected chi connectivity index (χ3v) is 9.51. The van der Waals surface area contributed by atoms with E-state index in [0.29, 0.717) is 45.6 Å². The average molecular weight is 740 g/mol. The molecule has 0 amide bonds. The molecule has 52 heavy (non-hydrogen) atoms. The van der Waals surface area contributed by atoms with E-state index in [1.165, 1.54) is 35.7 Å². The highest BCUT2D eigenvalue weighted by Crippen LogP contribution is 2.26. The van der Waals surface area contributed by atoms with Gasteiger partial charge in [-0.25, -0.2) is 28.1 Å². The highest BCUT2D eigenvalue weighted by Gasteiger charge is 2.18. The molecule has 0 bridgehead atoms.